The summed E-state index contributed by atoms with van der Waals surface area (Å²) in [7, 11) is 3.47. The van der Waals surface area contributed by atoms with Crippen molar-refractivity contribution < 1.29 is 9.53 Å². The lowest BCUT2D eigenvalue weighted by Crippen LogP contribution is -2.06. The highest BCUT2D eigenvalue weighted by Crippen LogP contribution is 2.38. The van der Waals surface area contributed by atoms with Crippen LogP contribution in [0.15, 0.2) is 48.8 Å². The minimum atomic E-state index is -0.106. The van der Waals surface area contributed by atoms with Gasteiger partial charge in [-0.05, 0) is 39.0 Å². The Balaban J connectivity index is 1.72. The molecule has 4 rings (SSSR count). The Morgan fingerprint density at radius 1 is 1.03 bits per heavy atom. The lowest BCUT2D eigenvalue weighted by molar-refractivity contribution is 0.101. The molecule has 2 N–H and O–H groups in total. The normalized spacial score (nSPS) is 10.7. The number of nitrogens with one attached hydrogen (secondary N) is 2. The number of carbonyl (C=O) groups is 1. The van der Waals surface area contributed by atoms with Crippen molar-refractivity contribution in [2.24, 2.45) is 7.05 Å². The number of hydrogen-bond donors (Lipinski definition) is 2. The Bertz CT molecular complexity index is 1310. The van der Waals surface area contributed by atoms with Crippen LogP contribution < -0.4 is 15.4 Å². The average molecular weight is 444 g/mol. The first-order valence-electron chi connectivity index (χ1n) is 10.4. The highest BCUT2D eigenvalue weighted by atomic mass is 16.5. The van der Waals surface area contributed by atoms with Gasteiger partial charge in [-0.15, -0.1) is 0 Å². The molecule has 3 aromatic heterocycles. The van der Waals surface area contributed by atoms with Crippen molar-refractivity contribution in [2.45, 2.75) is 20.8 Å². The second-order valence-electron chi connectivity index (χ2n) is 7.62. The zero-order chi connectivity index (χ0) is 23.5. The molecule has 0 saturated heterocycles. The van der Waals surface area contributed by atoms with E-state index in [1.165, 1.54) is 6.92 Å². The highest BCUT2D eigenvalue weighted by Gasteiger charge is 2.16. The third-order valence-electron chi connectivity index (χ3n) is 4.98. The maximum absolute atomic E-state index is 12.3. The number of aryl methyl sites for hydroxylation is 3. The molecular formula is C24H25N7O2. The summed E-state index contributed by atoms with van der Waals surface area (Å²) in [4.78, 5) is 25.4. The van der Waals surface area contributed by atoms with Gasteiger partial charge >= 0.3 is 0 Å². The van der Waals surface area contributed by atoms with Crippen LogP contribution in [0.1, 0.15) is 28.8 Å². The first-order chi connectivity index (χ1) is 15.8. The molecule has 0 unspecified atom stereocenters. The molecule has 1 aromatic carbocycles. The summed E-state index contributed by atoms with van der Waals surface area (Å²) in [6, 6.07) is 11.3. The summed E-state index contributed by atoms with van der Waals surface area (Å²) >= 11 is 0. The zero-order valence-electron chi connectivity index (χ0n) is 19.2. The van der Waals surface area contributed by atoms with Crippen LogP contribution in [0.25, 0.3) is 11.3 Å². The molecule has 0 atom stereocenters. The molecule has 9 heteroatoms. The molecular weight excluding hydrogens is 418 g/mol. The van der Waals surface area contributed by atoms with Gasteiger partial charge < -0.3 is 15.4 Å². The number of Topliss-reactive ketones (excluding diaryl/α,β-unsaturated/α-hetero) is 1. The average Bonchev–Trinajstić information content (AvgIpc) is 3.19. The van der Waals surface area contributed by atoms with Gasteiger partial charge in [-0.25, -0.2) is 15.0 Å². The number of hydrogen-bond acceptors (Lipinski definition) is 8. The molecule has 3 heterocycles. The number of rotatable bonds is 7. The first-order valence-corrected chi connectivity index (χ1v) is 10.4. The summed E-state index contributed by atoms with van der Waals surface area (Å²) in [5.74, 6) is 2.35. The van der Waals surface area contributed by atoms with E-state index in [0.29, 0.717) is 40.1 Å². The van der Waals surface area contributed by atoms with E-state index >= 15 is 0 Å². The van der Waals surface area contributed by atoms with Crippen molar-refractivity contribution in [3.63, 3.8) is 0 Å². The molecule has 0 fully saturated rings. The molecule has 0 aliphatic heterocycles. The fraction of sp³-hybridized carbons (Fsp3) is 0.208. The van der Waals surface area contributed by atoms with E-state index in [9.17, 15) is 4.79 Å². The van der Waals surface area contributed by atoms with Gasteiger partial charge in [0.2, 0.25) is 0 Å². The van der Waals surface area contributed by atoms with Crippen molar-refractivity contribution >= 4 is 28.8 Å². The standard InChI is InChI=1S/C24H25N7O2/c1-14-11-23(27-16(3)26-14)29-22-12-21(18(13-25-22)15(2)32)28-20-8-6-7-17(24(20)33-5)19-9-10-31(4)30-19/h6-13H,1-5H3,(H2,25,26,27,28,29). The fourth-order valence-corrected chi connectivity index (χ4v) is 3.58. The van der Waals surface area contributed by atoms with E-state index in [-0.39, 0.29) is 5.78 Å². The van der Waals surface area contributed by atoms with Gasteiger partial charge in [0.05, 0.1) is 29.7 Å². The van der Waals surface area contributed by atoms with Crippen LogP contribution in [0.2, 0.25) is 0 Å². The molecule has 4 aromatic rings. The topological polar surface area (TPSA) is 107 Å². The minimum absolute atomic E-state index is 0.106. The van der Waals surface area contributed by atoms with Gasteiger partial charge in [0, 0.05) is 42.8 Å². The smallest absolute Gasteiger partial charge is 0.163 e. The molecule has 0 bridgehead atoms. The number of carbonyl (C=O) groups excluding carboxylic acids is 1. The first kappa shape index (κ1) is 21.9. The summed E-state index contributed by atoms with van der Waals surface area (Å²) in [6.45, 7) is 5.24. The molecule has 0 amide bonds. The maximum atomic E-state index is 12.3. The number of para-hydroxylation sites is 1. The van der Waals surface area contributed by atoms with Gasteiger partial charge in [0.25, 0.3) is 0 Å². The van der Waals surface area contributed by atoms with Gasteiger partial charge in [-0.1, -0.05) is 6.07 Å². The third kappa shape index (κ3) is 4.82. The van der Waals surface area contributed by atoms with Crippen molar-refractivity contribution in [3.8, 4) is 17.0 Å². The Labute approximate surface area is 191 Å². The Morgan fingerprint density at radius 3 is 2.52 bits per heavy atom. The molecule has 9 nitrogen and oxygen atoms in total. The summed E-state index contributed by atoms with van der Waals surface area (Å²) < 4.78 is 7.46. The second kappa shape index (κ2) is 9.07. The maximum Gasteiger partial charge on any atom is 0.163 e. The van der Waals surface area contributed by atoms with Gasteiger partial charge in [-0.2, -0.15) is 5.10 Å². The van der Waals surface area contributed by atoms with Gasteiger partial charge in [0.1, 0.15) is 17.5 Å². The third-order valence-corrected chi connectivity index (χ3v) is 4.98. The predicted octanol–water partition coefficient (Wildman–Crippen LogP) is 4.59. The summed E-state index contributed by atoms with van der Waals surface area (Å²) in [6.07, 6.45) is 3.42. The predicted molar refractivity (Wildman–Crippen MR) is 128 cm³/mol. The van der Waals surface area contributed by atoms with Crippen LogP contribution in [0.5, 0.6) is 5.75 Å². The lowest BCUT2D eigenvalue weighted by Gasteiger charge is -2.17. The van der Waals surface area contributed by atoms with E-state index in [2.05, 4.69) is 30.7 Å². The minimum Gasteiger partial charge on any atom is -0.494 e. The van der Waals surface area contributed by atoms with Crippen LogP contribution in [0, 0.1) is 13.8 Å². The number of nitrogens with zero attached hydrogens (tertiary/aromatic N) is 5. The monoisotopic (exact) mass is 443 g/mol. The molecule has 0 saturated carbocycles. The fourth-order valence-electron chi connectivity index (χ4n) is 3.58. The molecule has 33 heavy (non-hydrogen) atoms. The Morgan fingerprint density at radius 2 is 1.85 bits per heavy atom. The van der Waals surface area contributed by atoms with Crippen molar-refractivity contribution in [1.82, 2.24) is 24.7 Å². The number of ether oxygens (including phenoxy) is 1. The molecule has 0 radical (unpaired) electrons. The number of aromatic nitrogens is 5. The highest BCUT2D eigenvalue weighted by molar-refractivity contribution is 6.00. The van der Waals surface area contributed by atoms with Gasteiger partial charge in [-0.3, -0.25) is 9.48 Å². The van der Waals surface area contributed by atoms with Gasteiger partial charge in [0.15, 0.2) is 11.5 Å². The number of ketones is 1. The number of benzene rings is 1. The van der Waals surface area contributed by atoms with E-state index in [1.54, 1.807) is 24.1 Å². The zero-order valence-corrected chi connectivity index (χ0v) is 19.2. The number of methoxy groups -OCH3 is 1. The Hall–Kier alpha value is -4.27. The SMILES string of the molecule is COc1c(Nc2cc(Nc3cc(C)nc(C)n3)ncc2C(C)=O)cccc1-c1ccn(C)n1. The van der Waals surface area contributed by atoms with E-state index < -0.39 is 0 Å². The quantitative estimate of drug-likeness (QED) is 0.400. The van der Waals surface area contributed by atoms with Crippen molar-refractivity contribution in [1.29, 1.82) is 0 Å². The second-order valence-corrected chi connectivity index (χ2v) is 7.62. The molecule has 168 valence electrons. The number of pyridine rings is 1. The molecule has 0 aliphatic rings. The Kier molecular flexibility index (Phi) is 6.03. The molecule has 0 aliphatic carbocycles. The summed E-state index contributed by atoms with van der Waals surface area (Å²) in [5, 5.41) is 11.0. The lowest BCUT2D eigenvalue weighted by atomic mass is 10.1. The van der Waals surface area contributed by atoms with Crippen molar-refractivity contribution in [2.75, 3.05) is 17.7 Å². The van der Waals surface area contributed by atoms with Crippen molar-refractivity contribution in [3.05, 3.63) is 65.9 Å². The van der Waals surface area contributed by atoms with E-state index in [0.717, 1.165) is 17.0 Å². The number of anilines is 4. The van der Waals surface area contributed by atoms with Crippen LogP contribution >= 0.6 is 0 Å². The van der Waals surface area contributed by atoms with E-state index in [4.69, 9.17) is 4.74 Å². The summed E-state index contributed by atoms with van der Waals surface area (Å²) in [5.41, 5.74) is 4.23. The molecule has 0 spiro atoms. The van der Waals surface area contributed by atoms with Crippen LogP contribution in [-0.2, 0) is 7.05 Å². The van der Waals surface area contributed by atoms with Crippen LogP contribution in [0.3, 0.4) is 0 Å². The largest absolute Gasteiger partial charge is 0.494 e. The van der Waals surface area contributed by atoms with Crippen LogP contribution in [-0.4, -0.2) is 37.6 Å². The van der Waals surface area contributed by atoms with Crippen LogP contribution in [0.4, 0.5) is 23.0 Å². The van der Waals surface area contributed by atoms with E-state index in [1.807, 2.05) is 57.4 Å².